The molecule has 0 unspecified atom stereocenters. The number of amides is 1. The molecule has 0 spiro atoms. The summed E-state index contributed by atoms with van der Waals surface area (Å²) in [6.45, 7) is 1.79. The molecular weight excluding hydrogens is 313 g/mol. The second-order valence-corrected chi connectivity index (χ2v) is 6.30. The molecule has 1 aliphatic carbocycles. The van der Waals surface area contributed by atoms with Crippen molar-refractivity contribution in [1.82, 2.24) is 5.32 Å². The zero-order valence-electron chi connectivity index (χ0n) is 13.5. The minimum absolute atomic E-state index is 0.0957. The van der Waals surface area contributed by atoms with Crippen LogP contribution >= 0.6 is 0 Å². The number of esters is 1. The number of carbonyl (C=O) groups is 3. The number of Topliss-reactive ketones (excluding diaryl/α,β-unsaturated/α-hetero) is 1. The first-order valence-electron chi connectivity index (χ1n) is 7.82. The van der Waals surface area contributed by atoms with E-state index in [1.165, 1.54) is 19.2 Å². The average molecular weight is 331 g/mol. The topological polar surface area (TPSA) is 72.5 Å². The Morgan fingerprint density at radius 2 is 1.88 bits per heavy atom. The first-order valence-corrected chi connectivity index (χ1v) is 7.82. The molecule has 24 heavy (non-hydrogen) atoms. The number of hydrogen-bond donors (Lipinski definition) is 1. The van der Waals surface area contributed by atoms with Crippen molar-refractivity contribution in [3.8, 4) is 0 Å². The molecule has 0 bridgehead atoms. The number of methoxy groups -OCH3 is 1. The van der Waals surface area contributed by atoms with Gasteiger partial charge in [0.1, 0.15) is 11.7 Å². The van der Waals surface area contributed by atoms with E-state index in [-0.39, 0.29) is 29.8 Å². The molecule has 2 aliphatic rings. The number of allylic oxidation sites excluding steroid dienone is 2. The summed E-state index contributed by atoms with van der Waals surface area (Å²) in [5.74, 6) is -3.04. The molecule has 3 rings (SSSR count). The van der Waals surface area contributed by atoms with Gasteiger partial charge in [-0.3, -0.25) is 14.4 Å². The second kappa shape index (κ2) is 6.19. The molecule has 0 aromatic heterocycles. The van der Waals surface area contributed by atoms with Gasteiger partial charge in [0.2, 0.25) is 5.91 Å². The number of nitrogens with one attached hydrogen (secondary N) is 1. The maximum absolute atomic E-state index is 13.2. The molecule has 1 aromatic rings. The van der Waals surface area contributed by atoms with Gasteiger partial charge >= 0.3 is 5.97 Å². The van der Waals surface area contributed by atoms with Crippen LogP contribution in [-0.4, -0.2) is 24.8 Å². The zero-order chi connectivity index (χ0) is 17.4. The third-order valence-corrected chi connectivity index (χ3v) is 4.72. The maximum Gasteiger partial charge on any atom is 0.316 e. The van der Waals surface area contributed by atoms with Gasteiger partial charge < -0.3 is 10.1 Å². The predicted molar refractivity (Wildman–Crippen MR) is 83.2 cm³/mol. The monoisotopic (exact) mass is 331 g/mol. The smallest absolute Gasteiger partial charge is 0.316 e. The number of hydrogen-bond acceptors (Lipinski definition) is 4. The molecule has 1 N–H and O–H groups in total. The van der Waals surface area contributed by atoms with Gasteiger partial charge in [-0.1, -0.05) is 19.1 Å². The highest BCUT2D eigenvalue weighted by molar-refractivity contribution is 6.11. The van der Waals surface area contributed by atoms with Crippen LogP contribution in [-0.2, 0) is 19.1 Å². The van der Waals surface area contributed by atoms with Gasteiger partial charge in [0.15, 0.2) is 5.78 Å². The maximum atomic E-state index is 13.2. The first kappa shape index (κ1) is 16.4. The van der Waals surface area contributed by atoms with Crippen LogP contribution in [0.2, 0.25) is 0 Å². The highest BCUT2D eigenvalue weighted by Gasteiger charge is 2.45. The number of benzene rings is 1. The Kier molecular flexibility index (Phi) is 4.22. The van der Waals surface area contributed by atoms with Gasteiger partial charge in [0, 0.05) is 23.6 Å². The molecule has 3 atom stereocenters. The van der Waals surface area contributed by atoms with Gasteiger partial charge in [-0.25, -0.2) is 4.39 Å². The average Bonchev–Trinajstić information content (AvgIpc) is 2.54. The third-order valence-electron chi connectivity index (χ3n) is 4.72. The van der Waals surface area contributed by atoms with Crippen LogP contribution in [0.15, 0.2) is 35.5 Å². The van der Waals surface area contributed by atoms with E-state index in [0.29, 0.717) is 23.3 Å². The fourth-order valence-electron chi connectivity index (χ4n) is 3.58. The first-order chi connectivity index (χ1) is 11.4. The Bertz CT molecular complexity index is 738. The molecule has 1 aliphatic heterocycles. The van der Waals surface area contributed by atoms with Crippen molar-refractivity contribution < 1.29 is 23.5 Å². The van der Waals surface area contributed by atoms with Gasteiger partial charge in [-0.05, 0) is 30.0 Å². The summed E-state index contributed by atoms with van der Waals surface area (Å²) < 4.78 is 18.0. The van der Waals surface area contributed by atoms with Gasteiger partial charge in [-0.15, -0.1) is 0 Å². The fourth-order valence-corrected chi connectivity index (χ4v) is 3.58. The molecule has 126 valence electrons. The molecule has 0 saturated carbocycles. The lowest BCUT2D eigenvalue weighted by molar-refractivity contribution is -0.151. The summed E-state index contributed by atoms with van der Waals surface area (Å²) in [6, 6.07) is 5.74. The number of ketones is 1. The third kappa shape index (κ3) is 2.72. The molecule has 0 saturated heterocycles. The van der Waals surface area contributed by atoms with Crippen LogP contribution in [0.1, 0.15) is 31.2 Å². The standard InChI is InChI=1S/C18H18FNO4/c1-9-7-13-16(17(22)15(9)18(23)24-2)12(8-14(21)20-13)10-3-5-11(19)6-4-10/h3-6,9,12,15H,7-8H2,1-2H3,(H,20,21)/t9-,12-,15-/m1/s1. The molecular formula is C18H18FNO4. The van der Waals surface area contributed by atoms with Crippen LogP contribution in [0.4, 0.5) is 4.39 Å². The second-order valence-electron chi connectivity index (χ2n) is 6.30. The summed E-state index contributed by atoms with van der Waals surface area (Å²) >= 11 is 0. The Balaban J connectivity index is 2.06. The Hall–Kier alpha value is -2.50. The molecule has 5 nitrogen and oxygen atoms in total. The van der Waals surface area contributed by atoms with Crippen LogP contribution in [0.3, 0.4) is 0 Å². The molecule has 6 heteroatoms. The molecule has 1 aromatic carbocycles. The SMILES string of the molecule is COC(=O)[C@H]1C(=O)C2=C(C[C@H]1C)NC(=O)C[C@@H]2c1ccc(F)cc1. The van der Waals surface area contributed by atoms with Crippen LogP contribution in [0, 0.1) is 17.7 Å². The van der Waals surface area contributed by atoms with Crippen molar-refractivity contribution in [2.75, 3.05) is 7.11 Å². The normalized spacial score (nSPS) is 26.7. The van der Waals surface area contributed by atoms with Crippen LogP contribution in [0.5, 0.6) is 0 Å². The van der Waals surface area contributed by atoms with Crippen molar-refractivity contribution in [2.45, 2.75) is 25.7 Å². The fraction of sp³-hybridized carbons (Fsp3) is 0.389. The van der Waals surface area contributed by atoms with Crippen LogP contribution in [0.25, 0.3) is 0 Å². The van der Waals surface area contributed by atoms with Crippen molar-refractivity contribution in [3.05, 3.63) is 46.9 Å². The number of halogens is 1. The quantitative estimate of drug-likeness (QED) is 0.665. The van der Waals surface area contributed by atoms with E-state index in [1.807, 2.05) is 0 Å². The Morgan fingerprint density at radius 3 is 2.50 bits per heavy atom. The Labute approximate surface area is 138 Å². The number of ether oxygens (including phenoxy) is 1. The summed E-state index contributed by atoms with van der Waals surface area (Å²) in [5, 5.41) is 2.76. The van der Waals surface area contributed by atoms with E-state index in [1.54, 1.807) is 19.1 Å². The summed E-state index contributed by atoms with van der Waals surface area (Å²) in [7, 11) is 1.26. The molecule has 1 heterocycles. The highest BCUT2D eigenvalue weighted by atomic mass is 19.1. The number of carbonyl (C=O) groups excluding carboxylic acids is 3. The van der Waals surface area contributed by atoms with E-state index >= 15 is 0 Å². The summed E-state index contributed by atoms with van der Waals surface area (Å²) in [6.07, 6.45) is 0.517. The van der Waals surface area contributed by atoms with Gasteiger partial charge in [-0.2, -0.15) is 0 Å². The van der Waals surface area contributed by atoms with Crippen molar-refractivity contribution in [2.24, 2.45) is 11.8 Å². The Morgan fingerprint density at radius 1 is 1.21 bits per heavy atom. The van der Waals surface area contributed by atoms with E-state index in [9.17, 15) is 18.8 Å². The largest absolute Gasteiger partial charge is 0.468 e. The van der Waals surface area contributed by atoms with Crippen LogP contribution < -0.4 is 5.32 Å². The van der Waals surface area contributed by atoms with Gasteiger partial charge in [0.05, 0.1) is 7.11 Å². The lowest BCUT2D eigenvalue weighted by Crippen LogP contribution is -2.44. The van der Waals surface area contributed by atoms with E-state index in [2.05, 4.69) is 5.32 Å². The highest BCUT2D eigenvalue weighted by Crippen LogP contribution is 2.42. The minimum atomic E-state index is -0.869. The molecule has 1 amide bonds. The lowest BCUT2D eigenvalue weighted by atomic mass is 9.70. The summed E-state index contributed by atoms with van der Waals surface area (Å²) in [4.78, 5) is 37.0. The minimum Gasteiger partial charge on any atom is -0.468 e. The van der Waals surface area contributed by atoms with Crippen molar-refractivity contribution >= 4 is 17.7 Å². The van der Waals surface area contributed by atoms with Gasteiger partial charge in [0.25, 0.3) is 0 Å². The molecule has 0 fully saturated rings. The van der Waals surface area contributed by atoms with E-state index < -0.39 is 17.8 Å². The predicted octanol–water partition coefficient (Wildman–Crippen LogP) is 2.08. The van der Waals surface area contributed by atoms with Crippen molar-refractivity contribution in [3.63, 3.8) is 0 Å². The van der Waals surface area contributed by atoms with Crippen molar-refractivity contribution in [1.29, 1.82) is 0 Å². The van der Waals surface area contributed by atoms with E-state index in [4.69, 9.17) is 4.74 Å². The number of rotatable bonds is 2. The van der Waals surface area contributed by atoms with E-state index in [0.717, 1.165) is 0 Å². The lowest BCUT2D eigenvalue weighted by Gasteiger charge is -2.36. The zero-order valence-corrected chi connectivity index (χ0v) is 13.5. The summed E-state index contributed by atoms with van der Waals surface area (Å²) in [5.41, 5.74) is 1.69. The molecule has 0 radical (unpaired) electrons.